The predicted octanol–water partition coefficient (Wildman–Crippen LogP) is 1.84. The van der Waals surface area contributed by atoms with Crippen molar-refractivity contribution in [2.75, 3.05) is 18.0 Å². The Balaban J connectivity index is 1.95. The van der Waals surface area contributed by atoms with E-state index in [9.17, 15) is 4.79 Å². The lowest BCUT2D eigenvalue weighted by molar-refractivity contribution is 0.138. The Morgan fingerprint density at radius 3 is 3.17 bits per heavy atom. The Hall–Kier alpha value is -2.01. The fourth-order valence-corrected chi connectivity index (χ4v) is 2.36. The molecule has 0 saturated carbocycles. The number of amides is 1. The minimum absolute atomic E-state index is 0.100. The molecule has 2 heterocycles. The highest BCUT2D eigenvalue weighted by Gasteiger charge is 2.32. The largest absolute Gasteiger partial charge is 0.444 e. The molecule has 0 aliphatic carbocycles. The van der Waals surface area contributed by atoms with Crippen molar-refractivity contribution in [3.05, 3.63) is 30.5 Å². The zero-order chi connectivity index (χ0) is 12.5. The van der Waals surface area contributed by atoms with Crippen molar-refractivity contribution in [1.29, 1.82) is 0 Å². The summed E-state index contributed by atoms with van der Waals surface area (Å²) >= 11 is 0. The number of benzene rings is 1. The van der Waals surface area contributed by atoms with E-state index in [-0.39, 0.29) is 12.2 Å². The molecule has 18 heavy (non-hydrogen) atoms. The second kappa shape index (κ2) is 4.34. The summed E-state index contributed by atoms with van der Waals surface area (Å²) in [7, 11) is 0. The van der Waals surface area contributed by atoms with Gasteiger partial charge in [-0.05, 0) is 31.2 Å². The zero-order valence-electron chi connectivity index (χ0n) is 9.93. The highest BCUT2D eigenvalue weighted by molar-refractivity contribution is 6.01. The molecule has 94 valence electrons. The van der Waals surface area contributed by atoms with Crippen molar-refractivity contribution in [1.82, 2.24) is 4.98 Å². The van der Waals surface area contributed by atoms with E-state index < -0.39 is 0 Å². The number of fused-ring (bicyclic) bond motifs is 1. The van der Waals surface area contributed by atoms with Crippen molar-refractivity contribution in [3.8, 4) is 0 Å². The molecule has 5 nitrogen and oxygen atoms in total. The second-order valence-electron chi connectivity index (χ2n) is 4.41. The van der Waals surface area contributed by atoms with Crippen LogP contribution in [0.25, 0.3) is 10.9 Å². The first kappa shape index (κ1) is 11.1. The highest BCUT2D eigenvalue weighted by Crippen LogP contribution is 2.29. The van der Waals surface area contributed by atoms with Crippen LogP contribution < -0.4 is 10.6 Å². The molecule has 1 atom stereocenters. The van der Waals surface area contributed by atoms with Gasteiger partial charge in [-0.1, -0.05) is 6.07 Å². The number of nitrogens with zero attached hydrogens (tertiary/aromatic N) is 1. The molecule has 1 amide bonds. The van der Waals surface area contributed by atoms with Gasteiger partial charge in [-0.3, -0.25) is 4.90 Å². The van der Waals surface area contributed by atoms with Crippen LogP contribution >= 0.6 is 0 Å². The van der Waals surface area contributed by atoms with E-state index in [1.165, 1.54) is 0 Å². The number of aromatic nitrogens is 1. The standard InChI is InChI=1S/C13H15N3O2/c14-6-4-9-8-16(13(17)18-9)12-3-1-2-11-10(12)5-7-15-11/h1-3,5,7,9,15H,4,6,8,14H2. The summed E-state index contributed by atoms with van der Waals surface area (Å²) < 4.78 is 5.29. The molecule has 2 aromatic rings. The van der Waals surface area contributed by atoms with Crippen molar-refractivity contribution in [3.63, 3.8) is 0 Å². The van der Waals surface area contributed by atoms with Crippen LogP contribution in [0.1, 0.15) is 6.42 Å². The average molecular weight is 245 g/mol. The third-order valence-corrected chi connectivity index (χ3v) is 3.23. The van der Waals surface area contributed by atoms with Gasteiger partial charge >= 0.3 is 6.09 Å². The summed E-state index contributed by atoms with van der Waals surface area (Å²) in [6.45, 7) is 1.10. The predicted molar refractivity (Wildman–Crippen MR) is 69.6 cm³/mol. The van der Waals surface area contributed by atoms with Gasteiger partial charge in [0.25, 0.3) is 0 Å². The van der Waals surface area contributed by atoms with E-state index in [0.717, 1.165) is 16.6 Å². The molecule has 1 saturated heterocycles. The van der Waals surface area contributed by atoms with Crippen LogP contribution in [0.3, 0.4) is 0 Å². The molecule has 5 heteroatoms. The third-order valence-electron chi connectivity index (χ3n) is 3.23. The summed E-state index contributed by atoms with van der Waals surface area (Å²) in [5.41, 5.74) is 7.40. The summed E-state index contributed by atoms with van der Waals surface area (Å²) in [6, 6.07) is 7.81. The summed E-state index contributed by atoms with van der Waals surface area (Å²) in [5.74, 6) is 0. The number of ether oxygens (including phenoxy) is 1. The van der Waals surface area contributed by atoms with Crippen LogP contribution in [0.5, 0.6) is 0 Å². The second-order valence-corrected chi connectivity index (χ2v) is 4.41. The number of hydrogen-bond acceptors (Lipinski definition) is 3. The Morgan fingerprint density at radius 1 is 1.44 bits per heavy atom. The van der Waals surface area contributed by atoms with Crippen molar-refractivity contribution in [2.24, 2.45) is 5.73 Å². The van der Waals surface area contributed by atoms with E-state index in [2.05, 4.69) is 4.98 Å². The average Bonchev–Trinajstić information content (AvgIpc) is 2.95. The lowest BCUT2D eigenvalue weighted by atomic mass is 10.2. The lowest BCUT2D eigenvalue weighted by Gasteiger charge is -2.14. The highest BCUT2D eigenvalue weighted by atomic mass is 16.6. The molecule has 1 unspecified atom stereocenters. The maximum absolute atomic E-state index is 11.9. The van der Waals surface area contributed by atoms with Crippen molar-refractivity contribution < 1.29 is 9.53 Å². The lowest BCUT2D eigenvalue weighted by Crippen LogP contribution is -2.25. The van der Waals surface area contributed by atoms with Crippen LogP contribution in [0.2, 0.25) is 0 Å². The SMILES string of the molecule is NCCC1CN(c2cccc3[nH]ccc23)C(=O)O1. The van der Waals surface area contributed by atoms with Gasteiger partial charge in [-0.25, -0.2) is 4.79 Å². The number of nitrogens with two attached hydrogens (primary N) is 1. The molecule has 0 radical (unpaired) electrons. The molecule has 1 aromatic heterocycles. The zero-order valence-corrected chi connectivity index (χ0v) is 9.93. The van der Waals surface area contributed by atoms with Gasteiger partial charge in [-0.15, -0.1) is 0 Å². The topological polar surface area (TPSA) is 71.3 Å². The van der Waals surface area contributed by atoms with Gasteiger partial charge in [0, 0.05) is 17.1 Å². The van der Waals surface area contributed by atoms with E-state index in [0.29, 0.717) is 19.5 Å². The molecule has 1 aromatic carbocycles. The molecule has 0 bridgehead atoms. The Bertz CT molecular complexity index is 578. The minimum atomic E-state index is -0.290. The number of H-pyrrole nitrogens is 1. The first-order valence-electron chi connectivity index (χ1n) is 6.04. The monoisotopic (exact) mass is 245 g/mol. The fraction of sp³-hybridized carbons (Fsp3) is 0.308. The first-order chi connectivity index (χ1) is 8.79. The molecule has 3 rings (SSSR count). The van der Waals surface area contributed by atoms with Gasteiger partial charge in [0.1, 0.15) is 6.10 Å². The number of carbonyl (C=O) groups excluding carboxylic acids is 1. The maximum Gasteiger partial charge on any atom is 0.414 e. The number of rotatable bonds is 3. The number of hydrogen-bond donors (Lipinski definition) is 2. The third kappa shape index (κ3) is 1.73. The molecule has 1 aliphatic heterocycles. The fourth-order valence-electron chi connectivity index (χ4n) is 2.36. The minimum Gasteiger partial charge on any atom is -0.444 e. The summed E-state index contributed by atoms with van der Waals surface area (Å²) in [5, 5.41) is 1.03. The van der Waals surface area contributed by atoms with Crippen molar-refractivity contribution in [2.45, 2.75) is 12.5 Å². The smallest absolute Gasteiger partial charge is 0.414 e. The van der Waals surface area contributed by atoms with Gasteiger partial charge in [0.05, 0.1) is 12.2 Å². The van der Waals surface area contributed by atoms with E-state index >= 15 is 0 Å². The number of anilines is 1. The quantitative estimate of drug-likeness (QED) is 0.866. The molecule has 1 fully saturated rings. The Labute approximate surface area is 105 Å². The van der Waals surface area contributed by atoms with E-state index in [4.69, 9.17) is 10.5 Å². The van der Waals surface area contributed by atoms with Crippen molar-refractivity contribution >= 4 is 22.7 Å². The Kier molecular flexibility index (Phi) is 2.68. The molecule has 3 N–H and O–H groups in total. The maximum atomic E-state index is 11.9. The molecule has 0 spiro atoms. The van der Waals surface area contributed by atoms with Crippen LogP contribution in [0, 0.1) is 0 Å². The van der Waals surface area contributed by atoms with Crippen LogP contribution in [0.4, 0.5) is 10.5 Å². The number of cyclic esters (lactones) is 1. The van der Waals surface area contributed by atoms with E-state index in [1.807, 2.05) is 30.5 Å². The molecular formula is C13H15N3O2. The Morgan fingerprint density at radius 2 is 2.33 bits per heavy atom. The van der Waals surface area contributed by atoms with Gasteiger partial charge in [0.2, 0.25) is 0 Å². The van der Waals surface area contributed by atoms with Gasteiger partial charge in [-0.2, -0.15) is 0 Å². The first-order valence-corrected chi connectivity index (χ1v) is 6.04. The van der Waals surface area contributed by atoms with Crippen LogP contribution in [0.15, 0.2) is 30.5 Å². The number of nitrogens with one attached hydrogen (secondary N) is 1. The molecule has 1 aliphatic rings. The van der Waals surface area contributed by atoms with E-state index in [1.54, 1.807) is 4.90 Å². The normalized spacial score (nSPS) is 19.5. The van der Waals surface area contributed by atoms with Crippen LogP contribution in [-0.4, -0.2) is 30.3 Å². The number of aromatic amines is 1. The summed E-state index contributed by atoms with van der Waals surface area (Å²) in [6.07, 6.45) is 2.18. The summed E-state index contributed by atoms with van der Waals surface area (Å²) in [4.78, 5) is 16.7. The van der Waals surface area contributed by atoms with Gasteiger partial charge < -0.3 is 15.5 Å². The molecular weight excluding hydrogens is 230 g/mol. The number of carbonyl (C=O) groups is 1. The van der Waals surface area contributed by atoms with Crippen LogP contribution in [-0.2, 0) is 4.74 Å². The van der Waals surface area contributed by atoms with Gasteiger partial charge in [0.15, 0.2) is 0 Å².